The largest absolute Gasteiger partial charge is 0.356 e. The second-order valence-corrected chi connectivity index (χ2v) is 6.64. The highest BCUT2D eigenvalue weighted by molar-refractivity contribution is 14.0. The number of aliphatic imine (C=N–C) groups is 1. The van der Waals surface area contributed by atoms with Gasteiger partial charge in [0.25, 0.3) is 0 Å². The molecule has 27 heavy (non-hydrogen) atoms. The van der Waals surface area contributed by atoms with Crippen LogP contribution < -0.4 is 15.5 Å². The third-order valence-corrected chi connectivity index (χ3v) is 4.98. The van der Waals surface area contributed by atoms with Gasteiger partial charge in [0.15, 0.2) is 5.96 Å². The summed E-state index contributed by atoms with van der Waals surface area (Å²) in [5, 5.41) is 7.04. The van der Waals surface area contributed by atoms with Gasteiger partial charge in [-0.05, 0) is 42.5 Å². The van der Waals surface area contributed by atoms with Crippen LogP contribution in [0.15, 0.2) is 53.7 Å². The second-order valence-electron chi connectivity index (χ2n) is 6.64. The molecule has 1 aliphatic heterocycles. The summed E-state index contributed by atoms with van der Waals surface area (Å²) >= 11 is 0. The van der Waals surface area contributed by atoms with Crippen molar-refractivity contribution in [1.29, 1.82) is 0 Å². The zero-order valence-electron chi connectivity index (χ0n) is 16.2. The molecular formula is C21H30IN5. The number of piperidine rings is 1. The van der Waals surface area contributed by atoms with E-state index in [1.807, 2.05) is 25.4 Å². The van der Waals surface area contributed by atoms with Crippen LogP contribution >= 0.6 is 24.0 Å². The SMILES string of the molecule is CCc1ccccc1CNC(=NC)NC1CCN(c2ccccn2)CC1.I. The first-order valence-corrected chi connectivity index (χ1v) is 9.50. The van der Waals surface area contributed by atoms with Gasteiger partial charge in [-0.3, -0.25) is 4.99 Å². The smallest absolute Gasteiger partial charge is 0.191 e. The third kappa shape index (κ3) is 6.09. The van der Waals surface area contributed by atoms with Crippen LogP contribution in [0.25, 0.3) is 0 Å². The van der Waals surface area contributed by atoms with Crippen LogP contribution in [0.2, 0.25) is 0 Å². The van der Waals surface area contributed by atoms with Gasteiger partial charge in [0.05, 0.1) is 0 Å². The molecule has 0 radical (unpaired) electrons. The maximum atomic E-state index is 4.45. The number of benzene rings is 1. The van der Waals surface area contributed by atoms with E-state index in [4.69, 9.17) is 0 Å². The summed E-state index contributed by atoms with van der Waals surface area (Å²) in [7, 11) is 1.84. The molecule has 1 saturated heterocycles. The van der Waals surface area contributed by atoms with Crippen molar-refractivity contribution in [3.05, 3.63) is 59.8 Å². The van der Waals surface area contributed by atoms with Crippen molar-refractivity contribution in [2.45, 2.75) is 38.8 Å². The average molecular weight is 479 g/mol. The molecule has 1 aromatic carbocycles. The van der Waals surface area contributed by atoms with Crippen LogP contribution in [0.3, 0.4) is 0 Å². The summed E-state index contributed by atoms with van der Waals surface area (Å²) in [6, 6.07) is 15.1. The van der Waals surface area contributed by atoms with E-state index in [2.05, 4.69) is 62.8 Å². The van der Waals surface area contributed by atoms with Gasteiger partial charge in [0, 0.05) is 38.9 Å². The molecule has 0 unspecified atom stereocenters. The maximum Gasteiger partial charge on any atom is 0.191 e. The zero-order chi connectivity index (χ0) is 18.2. The summed E-state index contributed by atoms with van der Waals surface area (Å²) in [5.74, 6) is 1.96. The number of halogens is 1. The fraction of sp³-hybridized carbons (Fsp3) is 0.429. The first-order chi connectivity index (χ1) is 12.8. The Labute approximate surface area is 179 Å². The van der Waals surface area contributed by atoms with E-state index >= 15 is 0 Å². The number of nitrogens with one attached hydrogen (secondary N) is 2. The Morgan fingerprint density at radius 2 is 1.81 bits per heavy atom. The van der Waals surface area contributed by atoms with Crippen LogP contribution in [0, 0.1) is 0 Å². The minimum Gasteiger partial charge on any atom is -0.356 e. The Bertz CT molecular complexity index is 712. The molecule has 146 valence electrons. The number of hydrogen-bond donors (Lipinski definition) is 2. The second kappa shape index (κ2) is 11.1. The molecule has 0 bridgehead atoms. The quantitative estimate of drug-likeness (QED) is 0.391. The van der Waals surface area contributed by atoms with Crippen molar-refractivity contribution >= 4 is 35.8 Å². The van der Waals surface area contributed by atoms with E-state index in [0.29, 0.717) is 6.04 Å². The van der Waals surface area contributed by atoms with Crippen molar-refractivity contribution in [3.8, 4) is 0 Å². The van der Waals surface area contributed by atoms with Gasteiger partial charge in [0.1, 0.15) is 5.82 Å². The lowest BCUT2D eigenvalue weighted by Gasteiger charge is -2.33. The molecule has 2 heterocycles. The fourth-order valence-corrected chi connectivity index (χ4v) is 3.44. The monoisotopic (exact) mass is 479 g/mol. The summed E-state index contributed by atoms with van der Waals surface area (Å²) in [6.45, 7) is 5.03. The number of hydrogen-bond acceptors (Lipinski definition) is 3. The van der Waals surface area contributed by atoms with Crippen LogP contribution in [0.5, 0.6) is 0 Å². The Morgan fingerprint density at radius 1 is 1.11 bits per heavy atom. The van der Waals surface area contributed by atoms with Gasteiger partial charge in [-0.1, -0.05) is 37.3 Å². The van der Waals surface area contributed by atoms with Crippen molar-refractivity contribution in [1.82, 2.24) is 15.6 Å². The van der Waals surface area contributed by atoms with Crippen LogP contribution in [-0.4, -0.2) is 37.1 Å². The number of guanidine groups is 1. The van der Waals surface area contributed by atoms with E-state index in [1.54, 1.807) is 0 Å². The summed E-state index contributed by atoms with van der Waals surface area (Å²) in [6.07, 6.45) is 5.08. The fourth-order valence-electron chi connectivity index (χ4n) is 3.44. The Balaban J connectivity index is 0.00000261. The predicted octanol–water partition coefficient (Wildman–Crippen LogP) is 3.60. The average Bonchev–Trinajstić information content (AvgIpc) is 2.72. The summed E-state index contributed by atoms with van der Waals surface area (Å²) in [5.41, 5.74) is 2.72. The number of rotatable bonds is 5. The van der Waals surface area contributed by atoms with Crippen molar-refractivity contribution in [2.75, 3.05) is 25.0 Å². The maximum absolute atomic E-state index is 4.45. The lowest BCUT2D eigenvalue weighted by atomic mass is 10.0. The first-order valence-electron chi connectivity index (χ1n) is 9.50. The molecule has 1 aliphatic rings. The van der Waals surface area contributed by atoms with Crippen molar-refractivity contribution < 1.29 is 0 Å². The number of aromatic nitrogens is 1. The highest BCUT2D eigenvalue weighted by Gasteiger charge is 2.20. The molecule has 2 aromatic rings. The van der Waals surface area contributed by atoms with E-state index in [-0.39, 0.29) is 24.0 Å². The molecule has 3 rings (SSSR count). The highest BCUT2D eigenvalue weighted by Crippen LogP contribution is 2.17. The van der Waals surface area contributed by atoms with Gasteiger partial charge < -0.3 is 15.5 Å². The number of anilines is 1. The minimum atomic E-state index is 0. The van der Waals surface area contributed by atoms with Crippen LogP contribution in [0.1, 0.15) is 30.9 Å². The number of aryl methyl sites for hydroxylation is 1. The zero-order valence-corrected chi connectivity index (χ0v) is 18.5. The molecule has 1 aromatic heterocycles. The molecule has 0 atom stereocenters. The number of nitrogens with zero attached hydrogens (tertiary/aromatic N) is 3. The molecule has 2 N–H and O–H groups in total. The van der Waals surface area contributed by atoms with E-state index < -0.39 is 0 Å². The predicted molar refractivity (Wildman–Crippen MR) is 124 cm³/mol. The topological polar surface area (TPSA) is 52.6 Å². The molecule has 0 amide bonds. The van der Waals surface area contributed by atoms with E-state index in [1.165, 1.54) is 11.1 Å². The molecule has 0 aliphatic carbocycles. The van der Waals surface area contributed by atoms with Crippen LogP contribution in [-0.2, 0) is 13.0 Å². The molecule has 5 nitrogen and oxygen atoms in total. The Hall–Kier alpha value is -1.83. The highest BCUT2D eigenvalue weighted by atomic mass is 127. The van der Waals surface area contributed by atoms with Crippen molar-refractivity contribution in [2.24, 2.45) is 4.99 Å². The lowest BCUT2D eigenvalue weighted by Crippen LogP contribution is -2.48. The minimum absolute atomic E-state index is 0. The molecule has 6 heteroatoms. The standard InChI is InChI=1S/C21H29N5.HI/c1-3-17-8-4-5-9-18(17)16-24-21(22-2)25-19-11-14-26(15-12-19)20-10-6-7-13-23-20;/h4-10,13,19H,3,11-12,14-16H2,1-2H3,(H2,22,24,25);1H. The van der Waals surface area contributed by atoms with Gasteiger partial charge in [-0.15, -0.1) is 24.0 Å². The van der Waals surface area contributed by atoms with Gasteiger partial charge in [-0.25, -0.2) is 4.98 Å². The molecule has 1 fully saturated rings. The van der Waals surface area contributed by atoms with Gasteiger partial charge in [0.2, 0.25) is 0 Å². The van der Waals surface area contributed by atoms with E-state index in [9.17, 15) is 0 Å². The van der Waals surface area contributed by atoms with Crippen LogP contribution in [0.4, 0.5) is 5.82 Å². The van der Waals surface area contributed by atoms with Gasteiger partial charge in [-0.2, -0.15) is 0 Å². The molecule has 0 saturated carbocycles. The van der Waals surface area contributed by atoms with E-state index in [0.717, 1.165) is 50.7 Å². The first kappa shape index (κ1) is 21.5. The van der Waals surface area contributed by atoms with Gasteiger partial charge >= 0.3 is 0 Å². The third-order valence-electron chi connectivity index (χ3n) is 4.98. The molecular weight excluding hydrogens is 449 g/mol. The molecule has 0 spiro atoms. The Morgan fingerprint density at radius 3 is 2.44 bits per heavy atom. The van der Waals surface area contributed by atoms with Crippen molar-refractivity contribution in [3.63, 3.8) is 0 Å². The summed E-state index contributed by atoms with van der Waals surface area (Å²) < 4.78 is 0. The normalized spacial score (nSPS) is 15.2. The Kier molecular flexibility index (Phi) is 8.84. The summed E-state index contributed by atoms with van der Waals surface area (Å²) in [4.78, 5) is 11.2. The number of pyridine rings is 1. The lowest BCUT2D eigenvalue weighted by molar-refractivity contribution is 0.459.